The van der Waals surface area contributed by atoms with Crippen molar-refractivity contribution < 1.29 is 4.79 Å². The number of carbonyl (C=O) groups is 1. The number of nitrogens with zero attached hydrogens (tertiary/aromatic N) is 2. The molecule has 0 aliphatic heterocycles. The first kappa shape index (κ1) is 16.9. The zero-order valence-electron chi connectivity index (χ0n) is 14.6. The smallest absolute Gasteiger partial charge is 0.271 e. The van der Waals surface area contributed by atoms with Crippen LogP contribution in [0.3, 0.4) is 0 Å². The van der Waals surface area contributed by atoms with E-state index in [4.69, 9.17) is 0 Å². The Morgan fingerprint density at radius 2 is 1.61 bits per heavy atom. The van der Waals surface area contributed by atoms with Crippen LogP contribution in [0.4, 0.5) is 11.5 Å². The fourth-order valence-electron chi connectivity index (χ4n) is 2.42. The van der Waals surface area contributed by atoms with Crippen LogP contribution in [0.15, 0.2) is 24.5 Å². The van der Waals surface area contributed by atoms with Crippen molar-refractivity contribution in [2.45, 2.75) is 47.1 Å². The molecule has 0 unspecified atom stereocenters. The van der Waals surface area contributed by atoms with Crippen LogP contribution in [0.1, 0.15) is 48.0 Å². The Hall–Kier alpha value is -2.43. The molecule has 2 rings (SSSR count). The molecule has 1 amide bonds. The molecule has 0 fully saturated rings. The molecule has 2 aromatic rings. The van der Waals surface area contributed by atoms with Gasteiger partial charge in [0.15, 0.2) is 0 Å². The minimum atomic E-state index is -0.300. The quantitative estimate of drug-likeness (QED) is 0.907. The maximum absolute atomic E-state index is 12.0. The van der Waals surface area contributed by atoms with Crippen molar-refractivity contribution in [2.24, 2.45) is 0 Å². The normalized spacial score (nSPS) is 11.2. The standard InChI is InChI=1S/C18H24N4O/c1-11-7-12(2)16(13(3)8-11)21-15-10-19-14(9-20-15)17(23)22-18(4,5)6/h7-10H,1-6H3,(H,20,21)(H,22,23). The average Bonchev–Trinajstić information content (AvgIpc) is 2.41. The van der Waals surface area contributed by atoms with E-state index in [0.717, 1.165) is 16.8 Å². The molecule has 0 saturated carbocycles. The van der Waals surface area contributed by atoms with Crippen molar-refractivity contribution >= 4 is 17.4 Å². The van der Waals surface area contributed by atoms with Crippen LogP contribution in [-0.4, -0.2) is 21.4 Å². The molecular weight excluding hydrogens is 288 g/mol. The van der Waals surface area contributed by atoms with E-state index < -0.39 is 0 Å². The summed E-state index contributed by atoms with van der Waals surface area (Å²) in [6.45, 7) is 12.0. The fraction of sp³-hybridized carbons (Fsp3) is 0.389. The van der Waals surface area contributed by atoms with Gasteiger partial charge in [-0.1, -0.05) is 17.7 Å². The predicted molar refractivity (Wildman–Crippen MR) is 93.2 cm³/mol. The summed E-state index contributed by atoms with van der Waals surface area (Å²) in [6, 6.07) is 4.24. The predicted octanol–water partition coefficient (Wildman–Crippen LogP) is 3.67. The van der Waals surface area contributed by atoms with Gasteiger partial charge in [-0.3, -0.25) is 4.79 Å². The van der Waals surface area contributed by atoms with Crippen molar-refractivity contribution in [3.63, 3.8) is 0 Å². The Balaban J connectivity index is 2.16. The molecule has 0 aliphatic carbocycles. The fourth-order valence-corrected chi connectivity index (χ4v) is 2.42. The van der Waals surface area contributed by atoms with E-state index in [1.165, 1.54) is 11.8 Å². The highest BCUT2D eigenvalue weighted by atomic mass is 16.2. The van der Waals surface area contributed by atoms with E-state index in [2.05, 4.69) is 53.5 Å². The van der Waals surface area contributed by atoms with Crippen LogP contribution in [0.2, 0.25) is 0 Å². The molecular formula is C18H24N4O. The van der Waals surface area contributed by atoms with Crippen LogP contribution in [0.25, 0.3) is 0 Å². The van der Waals surface area contributed by atoms with E-state index in [1.807, 2.05) is 20.8 Å². The van der Waals surface area contributed by atoms with Crippen LogP contribution < -0.4 is 10.6 Å². The van der Waals surface area contributed by atoms with E-state index >= 15 is 0 Å². The third kappa shape index (κ3) is 4.52. The monoisotopic (exact) mass is 312 g/mol. The Labute approximate surface area is 137 Å². The van der Waals surface area contributed by atoms with E-state index in [1.54, 1.807) is 6.20 Å². The molecule has 0 aliphatic rings. The van der Waals surface area contributed by atoms with Gasteiger partial charge in [0.1, 0.15) is 11.5 Å². The van der Waals surface area contributed by atoms with Gasteiger partial charge >= 0.3 is 0 Å². The van der Waals surface area contributed by atoms with Crippen LogP contribution >= 0.6 is 0 Å². The lowest BCUT2D eigenvalue weighted by Gasteiger charge is -2.20. The molecule has 0 atom stereocenters. The zero-order chi connectivity index (χ0) is 17.2. The van der Waals surface area contributed by atoms with Gasteiger partial charge in [0, 0.05) is 11.2 Å². The summed E-state index contributed by atoms with van der Waals surface area (Å²) in [5.74, 6) is 0.395. The number of hydrogen-bond acceptors (Lipinski definition) is 4. The molecule has 122 valence electrons. The number of anilines is 2. The molecule has 23 heavy (non-hydrogen) atoms. The number of rotatable bonds is 3. The molecule has 0 bridgehead atoms. The van der Waals surface area contributed by atoms with Gasteiger partial charge < -0.3 is 10.6 Å². The first-order valence-electron chi connectivity index (χ1n) is 7.65. The highest BCUT2D eigenvalue weighted by Crippen LogP contribution is 2.24. The molecule has 5 nitrogen and oxygen atoms in total. The maximum Gasteiger partial charge on any atom is 0.271 e. The lowest BCUT2D eigenvalue weighted by Crippen LogP contribution is -2.40. The van der Waals surface area contributed by atoms with Gasteiger partial charge in [0.05, 0.1) is 12.4 Å². The lowest BCUT2D eigenvalue weighted by molar-refractivity contribution is 0.0914. The highest BCUT2D eigenvalue weighted by Gasteiger charge is 2.16. The van der Waals surface area contributed by atoms with Gasteiger partial charge in [-0.25, -0.2) is 9.97 Å². The summed E-state index contributed by atoms with van der Waals surface area (Å²) in [4.78, 5) is 20.5. The maximum atomic E-state index is 12.0. The lowest BCUT2D eigenvalue weighted by atomic mass is 10.1. The molecule has 2 N–H and O–H groups in total. The first-order chi connectivity index (χ1) is 10.7. The van der Waals surface area contributed by atoms with Crippen LogP contribution in [0, 0.1) is 20.8 Å². The van der Waals surface area contributed by atoms with Crippen molar-refractivity contribution in [3.8, 4) is 0 Å². The molecule has 1 aromatic heterocycles. The molecule has 0 saturated heterocycles. The number of nitrogens with one attached hydrogen (secondary N) is 2. The average molecular weight is 312 g/mol. The van der Waals surface area contributed by atoms with Crippen LogP contribution in [-0.2, 0) is 0 Å². The van der Waals surface area contributed by atoms with E-state index in [9.17, 15) is 4.79 Å². The Bertz CT molecular complexity index is 692. The summed E-state index contributed by atoms with van der Waals surface area (Å²) in [5, 5.41) is 6.14. The summed E-state index contributed by atoms with van der Waals surface area (Å²) < 4.78 is 0. The van der Waals surface area contributed by atoms with Gasteiger partial charge in [-0.05, 0) is 52.7 Å². The van der Waals surface area contributed by atoms with Crippen molar-refractivity contribution in [1.82, 2.24) is 15.3 Å². The molecule has 1 heterocycles. The van der Waals surface area contributed by atoms with Crippen LogP contribution in [0.5, 0.6) is 0 Å². The summed E-state index contributed by atoms with van der Waals surface area (Å²) in [6.07, 6.45) is 3.07. The largest absolute Gasteiger partial charge is 0.346 e. The second-order valence-electron chi connectivity index (χ2n) is 6.89. The van der Waals surface area contributed by atoms with Crippen molar-refractivity contribution in [2.75, 3.05) is 5.32 Å². The van der Waals surface area contributed by atoms with Crippen molar-refractivity contribution in [1.29, 1.82) is 0 Å². The van der Waals surface area contributed by atoms with Gasteiger partial charge in [-0.15, -0.1) is 0 Å². The van der Waals surface area contributed by atoms with Crippen molar-refractivity contribution in [3.05, 3.63) is 46.9 Å². The third-order valence-electron chi connectivity index (χ3n) is 3.30. The highest BCUT2D eigenvalue weighted by molar-refractivity contribution is 5.92. The second kappa shape index (κ2) is 6.36. The Morgan fingerprint density at radius 3 is 2.09 bits per heavy atom. The van der Waals surface area contributed by atoms with E-state index in [0.29, 0.717) is 11.5 Å². The minimum Gasteiger partial charge on any atom is -0.346 e. The number of aromatic nitrogens is 2. The van der Waals surface area contributed by atoms with Gasteiger partial charge in [-0.2, -0.15) is 0 Å². The Kier molecular flexibility index (Phi) is 4.68. The molecule has 0 radical (unpaired) electrons. The summed E-state index contributed by atoms with van der Waals surface area (Å²) >= 11 is 0. The molecule has 0 spiro atoms. The molecule has 5 heteroatoms. The number of carbonyl (C=O) groups excluding carboxylic acids is 1. The number of hydrogen-bond donors (Lipinski definition) is 2. The zero-order valence-corrected chi connectivity index (χ0v) is 14.6. The summed E-state index contributed by atoms with van der Waals surface area (Å²) in [5.41, 5.74) is 4.56. The van der Waals surface area contributed by atoms with Gasteiger partial charge in [0.25, 0.3) is 5.91 Å². The second-order valence-corrected chi connectivity index (χ2v) is 6.89. The molecule has 1 aromatic carbocycles. The number of aryl methyl sites for hydroxylation is 3. The minimum absolute atomic E-state index is 0.223. The first-order valence-corrected chi connectivity index (χ1v) is 7.65. The Morgan fingerprint density at radius 1 is 1.00 bits per heavy atom. The topological polar surface area (TPSA) is 66.9 Å². The number of benzene rings is 1. The summed E-state index contributed by atoms with van der Waals surface area (Å²) in [7, 11) is 0. The third-order valence-corrected chi connectivity index (χ3v) is 3.30. The SMILES string of the molecule is Cc1cc(C)c(Nc2cnc(C(=O)NC(C)(C)C)cn2)c(C)c1. The number of amides is 1. The van der Waals surface area contributed by atoms with Gasteiger partial charge in [0.2, 0.25) is 0 Å². The van der Waals surface area contributed by atoms with E-state index in [-0.39, 0.29) is 11.4 Å².